The van der Waals surface area contributed by atoms with Gasteiger partial charge < -0.3 is 10.9 Å². The Kier molecular flexibility index (Phi) is 3.01. The molecule has 2 saturated heterocycles. The van der Waals surface area contributed by atoms with E-state index >= 15 is 0 Å². The van der Waals surface area contributed by atoms with Gasteiger partial charge in [-0.1, -0.05) is 5.16 Å². The van der Waals surface area contributed by atoms with Gasteiger partial charge >= 0.3 is 0 Å². The molecular weight excluding hydrogens is 224 g/mol. The molecule has 2 atom stereocenters. The van der Waals surface area contributed by atoms with Crippen molar-refractivity contribution in [2.24, 2.45) is 22.7 Å². The molecule has 7 heteroatoms. The van der Waals surface area contributed by atoms with Gasteiger partial charge in [0, 0.05) is 19.6 Å². The molecule has 17 heavy (non-hydrogen) atoms. The molecule has 7 nitrogen and oxygen atoms in total. The maximum absolute atomic E-state index is 11.9. The van der Waals surface area contributed by atoms with Crippen LogP contribution in [0.2, 0.25) is 0 Å². The number of amides is 2. The van der Waals surface area contributed by atoms with Crippen molar-refractivity contribution in [3.8, 4) is 0 Å². The lowest BCUT2D eigenvalue weighted by Crippen LogP contribution is -2.38. The van der Waals surface area contributed by atoms with Crippen LogP contribution in [0, 0.1) is 11.8 Å². The summed E-state index contributed by atoms with van der Waals surface area (Å²) in [5.41, 5.74) is 5.40. The van der Waals surface area contributed by atoms with Gasteiger partial charge in [-0.05, 0) is 6.92 Å². The number of nitrogens with zero attached hydrogens (tertiary/aromatic N) is 3. The average molecular weight is 240 g/mol. The van der Waals surface area contributed by atoms with E-state index in [4.69, 9.17) is 10.9 Å². The largest absolute Gasteiger partial charge is 0.409 e. The van der Waals surface area contributed by atoms with E-state index in [2.05, 4.69) is 5.16 Å². The van der Waals surface area contributed by atoms with E-state index in [1.165, 1.54) is 4.90 Å². The Bertz CT molecular complexity index is 358. The summed E-state index contributed by atoms with van der Waals surface area (Å²) in [6.07, 6.45) is 0. The number of hydrogen-bond acceptors (Lipinski definition) is 5. The van der Waals surface area contributed by atoms with Crippen molar-refractivity contribution >= 4 is 17.6 Å². The highest BCUT2D eigenvalue weighted by molar-refractivity contribution is 6.05. The van der Waals surface area contributed by atoms with Gasteiger partial charge in [-0.15, -0.1) is 0 Å². The minimum absolute atomic E-state index is 0.0930. The quantitative estimate of drug-likeness (QED) is 0.209. The van der Waals surface area contributed by atoms with E-state index in [-0.39, 0.29) is 36.0 Å². The minimum Gasteiger partial charge on any atom is -0.409 e. The van der Waals surface area contributed by atoms with E-state index in [9.17, 15) is 9.59 Å². The Balaban J connectivity index is 2.05. The molecule has 2 aliphatic rings. The molecule has 94 valence electrons. The second-order valence-corrected chi connectivity index (χ2v) is 4.42. The first-order valence-electron chi connectivity index (χ1n) is 5.62. The van der Waals surface area contributed by atoms with Gasteiger partial charge in [0.1, 0.15) is 0 Å². The molecule has 3 N–H and O–H groups in total. The maximum Gasteiger partial charge on any atom is 0.234 e. The van der Waals surface area contributed by atoms with Gasteiger partial charge in [0.2, 0.25) is 11.8 Å². The SMILES string of the molecule is CCN1C(=O)[C@H]2CN(CC(N)=NO)C[C@@H]2C1=O. The number of carbonyl (C=O) groups excluding carboxylic acids is 2. The van der Waals surface area contributed by atoms with Crippen LogP contribution in [0.25, 0.3) is 0 Å². The number of fused-ring (bicyclic) bond motifs is 1. The standard InChI is InChI=1S/C10H16N4O3/c1-2-14-9(15)6-3-13(5-8(11)12-17)4-7(6)10(14)16/h6-7,17H,2-5H2,1H3,(H2,11,12)/t6-,7-/m0/s1. The molecule has 2 fully saturated rings. The third-order valence-electron chi connectivity index (χ3n) is 3.39. The Morgan fingerprint density at radius 1 is 1.41 bits per heavy atom. The molecule has 2 rings (SSSR count). The lowest BCUT2D eigenvalue weighted by atomic mass is 10.00. The normalized spacial score (nSPS) is 30.2. The van der Waals surface area contributed by atoms with Gasteiger partial charge in [-0.2, -0.15) is 0 Å². The third-order valence-corrected chi connectivity index (χ3v) is 3.39. The molecule has 0 saturated carbocycles. The lowest BCUT2D eigenvalue weighted by molar-refractivity contribution is -0.140. The fourth-order valence-electron chi connectivity index (χ4n) is 2.60. The van der Waals surface area contributed by atoms with Crippen LogP contribution in [0.4, 0.5) is 0 Å². The first kappa shape index (κ1) is 11.8. The summed E-state index contributed by atoms with van der Waals surface area (Å²) < 4.78 is 0. The molecule has 0 aliphatic carbocycles. The van der Waals surface area contributed by atoms with Crippen LogP contribution in [0.15, 0.2) is 5.16 Å². The lowest BCUT2D eigenvalue weighted by Gasteiger charge is -2.18. The van der Waals surface area contributed by atoms with Crippen LogP contribution in [0.1, 0.15) is 6.92 Å². The van der Waals surface area contributed by atoms with Crippen molar-refractivity contribution in [1.82, 2.24) is 9.80 Å². The van der Waals surface area contributed by atoms with Crippen molar-refractivity contribution in [1.29, 1.82) is 0 Å². The minimum atomic E-state index is -0.256. The number of nitrogens with two attached hydrogens (primary N) is 1. The molecular formula is C10H16N4O3. The highest BCUT2D eigenvalue weighted by Crippen LogP contribution is 2.32. The number of carbonyl (C=O) groups is 2. The van der Waals surface area contributed by atoms with Crippen LogP contribution in [0.5, 0.6) is 0 Å². The predicted octanol–water partition coefficient (Wildman–Crippen LogP) is -1.33. The Morgan fingerprint density at radius 2 is 1.94 bits per heavy atom. The van der Waals surface area contributed by atoms with E-state index in [0.717, 1.165) is 0 Å². The van der Waals surface area contributed by atoms with Crippen molar-refractivity contribution in [3.63, 3.8) is 0 Å². The van der Waals surface area contributed by atoms with E-state index in [1.54, 1.807) is 6.92 Å². The number of imide groups is 1. The second kappa shape index (κ2) is 4.33. The molecule has 2 heterocycles. The number of amidine groups is 1. The third kappa shape index (κ3) is 1.86. The summed E-state index contributed by atoms with van der Waals surface area (Å²) in [5, 5.41) is 11.4. The molecule has 0 bridgehead atoms. The number of oxime groups is 1. The highest BCUT2D eigenvalue weighted by Gasteiger charge is 2.51. The Morgan fingerprint density at radius 3 is 2.35 bits per heavy atom. The summed E-state index contributed by atoms with van der Waals surface area (Å²) >= 11 is 0. The summed E-state index contributed by atoms with van der Waals surface area (Å²) in [6.45, 7) is 3.52. The molecule has 0 unspecified atom stereocenters. The van der Waals surface area contributed by atoms with Crippen molar-refractivity contribution in [2.45, 2.75) is 6.92 Å². The van der Waals surface area contributed by atoms with E-state index in [0.29, 0.717) is 19.6 Å². The maximum atomic E-state index is 11.9. The number of rotatable bonds is 3. The summed E-state index contributed by atoms with van der Waals surface area (Å²) in [5.74, 6) is -0.603. The monoisotopic (exact) mass is 240 g/mol. The van der Waals surface area contributed by atoms with Crippen LogP contribution in [0.3, 0.4) is 0 Å². The van der Waals surface area contributed by atoms with Crippen molar-refractivity contribution in [3.05, 3.63) is 0 Å². The number of hydrogen-bond donors (Lipinski definition) is 2. The van der Waals surface area contributed by atoms with Gasteiger partial charge in [0.25, 0.3) is 0 Å². The fourth-order valence-corrected chi connectivity index (χ4v) is 2.60. The van der Waals surface area contributed by atoms with Gasteiger partial charge in [-0.3, -0.25) is 19.4 Å². The molecule has 2 amide bonds. The zero-order valence-corrected chi connectivity index (χ0v) is 9.67. The van der Waals surface area contributed by atoms with Crippen LogP contribution in [-0.4, -0.2) is 58.8 Å². The second-order valence-electron chi connectivity index (χ2n) is 4.42. The molecule has 0 aromatic heterocycles. The fraction of sp³-hybridized carbons (Fsp3) is 0.700. The molecule has 0 radical (unpaired) electrons. The predicted molar refractivity (Wildman–Crippen MR) is 59.2 cm³/mol. The molecule has 0 aromatic rings. The Hall–Kier alpha value is -1.63. The van der Waals surface area contributed by atoms with Gasteiger partial charge in [0.05, 0.1) is 18.4 Å². The van der Waals surface area contributed by atoms with E-state index in [1.807, 2.05) is 4.90 Å². The Labute approximate surface area is 98.8 Å². The zero-order valence-electron chi connectivity index (χ0n) is 9.67. The summed E-state index contributed by atoms with van der Waals surface area (Å²) in [6, 6.07) is 0. The van der Waals surface area contributed by atoms with Crippen molar-refractivity contribution in [2.75, 3.05) is 26.2 Å². The molecule has 0 spiro atoms. The topological polar surface area (TPSA) is 99.2 Å². The van der Waals surface area contributed by atoms with Gasteiger partial charge in [-0.25, -0.2) is 0 Å². The average Bonchev–Trinajstić information content (AvgIpc) is 2.80. The van der Waals surface area contributed by atoms with Crippen LogP contribution >= 0.6 is 0 Å². The molecule has 2 aliphatic heterocycles. The summed E-state index contributed by atoms with van der Waals surface area (Å²) in [4.78, 5) is 27.0. The zero-order chi connectivity index (χ0) is 12.6. The van der Waals surface area contributed by atoms with E-state index < -0.39 is 0 Å². The molecule has 0 aromatic carbocycles. The van der Waals surface area contributed by atoms with Crippen molar-refractivity contribution < 1.29 is 14.8 Å². The summed E-state index contributed by atoms with van der Waals surface area (Å²) in [7, 11) is 0. The number of likely N-dealkylation sites (tertiary alicyclic amines) is 2. The highest BCUT2D eigenvalue weighted by atomic mass is 16.4. The first-order valence-corrected chi connectivity index (χ1v) is 5.62. The van der Waals surface area contributed by atoms with Crippen LogP contribution in [-0.2, 0) is 9.59 Å². The van der Waals surface area contributed by atoms with Gasteiger partial charge in [0.15, 0.2) is 5.84 Å². The van der Waals surface area contributed by atoms with Crippen LogP contribution < -0.4 is 5.73 Å². The smallest absolute Gasteiger partial charge is 0.234 e. The first-order chi connectivity index (χ1) is 8.08.